The third-order valence-corrected chi connectivity index (χ3v) is 2.69. The van der Waals surface area contributed by atoms with Crippen molar-refractivity contribution in [3.05, 3.63) is 17.7 Å². The highest BCUT2D eigenvalue weighted by molar-refractivity contribution is 7.99. The molecule has 0 amide bonds. The van der Waals surface area contributed by atoms with Crippen LogP contribution >= 0.6 is 11.8 Å². The summed E-state index contributed by atoms with van der Waals surface area (Å²) in [6, 6.07) is 1.85. The summed E-state index contributed by atoms with van der Waals surface area (Å²) >= 11 is 1.17. The Morgan fingerprint density at radius 2 is 2.18 bits per heavy atom. The third kappa shape index (κ3) is 4.41. The van der Waals surface area contributed by atoms with Gasteiger partial charge in [-0.25, -0.2) is 10.8 Å². The Morgan fingerprint density at radius 3 is 2.71 bits per heavy atom. The monoisotopic (exact) mass is 267 g/mol. The minimum atomic E-state index is -4.41. The number of halogens is 3. The maximum atomic E-state index is 12.5. The lowest BCUT2D eigenvalue weighted by Crippen LogP contribution is -2.12. The number of anilines is 1. The lowest BCUT2D eigenvalue weighted by molar-refractivity contribution is -0.137. The van der Waals surface area contributed by atoms with Gasteiger partial charge in [-0.1, -0.05) is 0 Å². The number of nitrogen functional groups attached to an aromatic ring is 1. The first kappa shape index (κ1) is 14.1. The second-order valence-electron chi connectivity index (χ2n) is 3.06. The molecule has 1 rings (SSSR count). The van der Waals surface area contributed by atoms with Gasteiger partial charge in [-0.15, -0.1) is 11.8 Å². The van der Waals surface area contributed by atoms with Crippen molar-refractivity contribution < 1.29 is 17.9 Å². The highest BCUT2D eigenvalue weighted by atomic mass is 32.2. The van der Waals surface area contributed by atoms with Crippen LogP contribution in [0.1, 0.15) is 5.56 Å². The molecule has 0 bridgehead atoms. The average molecular weight is 267 g/mol. The number of nitrogens with zero attached hydrogens (tertiary/aromatic N) is 1. The molecule has 96 valence electrons. The summed E-state index contributed by atoms with van der Waals surface area (Å²) in [5.41, 5.74) is 1.34. The van der Waals surface area contributed by atoms with Crippen LogP contribution in [0.3, 0.4) is 0 Å². The molecule has 4 nitrogen and oxygen atoms in total. The maximum Gasteiger partial charge on any atom is 0.416 e. The van der Waals surface area contributed by atoms with Crippen LogP contribution in [-0.4, -0.2) is 24.5 Å². The maximum absolute atomic E-state index is 12.5. The predicted octanol–water partition coefficient (Wildman–Crippen LogP) is 2.12. The number of nitrogens with one attached hydrogen (secondary N) is 1. The average Bonchev–Trinajstić information content (AvgIpc) is 2.28. The van der Waals surface area contributed by atoms with Gasteiger partial charge in [0.25, 0.3) is 0 Å². The van der Waals surface area contributed by atoms with E-state index < -0.39 is 11.7 Å². The molecule has 0 aliphatic heterocycles. The van der Waals surface area contributed by atoms with Crippen molar-refractivity contribution in [3.63, 3.8) is 0 Å². The van der Waals surface area contributed by atoms with Crippen LogP contribution in [0.5, 0.6) is 0 Å². The zero-order valence-electron chi connectivity index (χ0n) is 9.04. The van der Waals surface area contributed by atoms with E-state index in [1.54, 1.807) is 0 Å². The molecule has 17 heavy (non-hydrogen) atoms. The Morgan fingerprint density at radius 1 is 1.47 bits per heavy atom. The van der Waals surface area contributed by atoms with Gasteiger partial charge in [-0.2, -0.15) is 13.2 Å². The van der Waals surface area contributed by atoms with Gasteiger partial charge in [0.05, 0.1) is 17.2 Å². The van der Waals surface area contributed by atoms with Crippen molar-refractivity contribution >= 4 is 17.6 Å². The van der Waals surface area contributed by atoms with Crippen LogP contribution in [0.2, 0.25) is 0 Å². The minimum Gasteiger partial charge on any atom is -0.384 e. The molecule has 0 spiro atoms. The standard InChI is InChI=1S/C9H12F3N3OS/c1-16-2-3-17-8-5-6(9(10,11)12)4-7(14-8)15-13/h4-5H,2-3,13H2,1H3,(H,14,15). The first-order valence-corrected chi connectivity index (χ1v) is 5.63. The van der Waals surface area contributed by atoms with Gasteiger partial charge in [0, 0.05) is 12.9 Å². The summed E-state index contributed by atoms with van der Waals surface area (Å²) in [4.78, 5) is 3.91. The molecular weight excluding hydrogens is 255 g/mol. The summed E-state index contributed by atoms with van der Waals surface area (Å²) in [6.07, 6.45) is -4.41. The zero-order valence-corrected chi connectivity index (χ0v) is 9.86. The molecule has 0 aromatic carbocycles. The van der Waals surface area contributed by atoms with Crippen LogP contribution < -0.4 is 11.3 Å². The third-order valence-electron chi connectivity index (χ3n) is 1.81. The molecule has 0 atom stereocenters. The van der Waals surface area contributed by atoms with Gasteiger partial charge >= 0.3 is 6.18 Å². The number of methoxy groups -OCH3 is 1. The first-order chi connectivity index (χ1) is 7.97. The molecule has 1 heterocycles. The zero-order chi connectivity index (χ0) is 12.9. The fourth-order valence-corrected chi connectivity index (χ4v) is 1.88. The Kier molecular flexibility index (Phi) is 5.03. The molecule has 8 heteroatoms. The topological polar surface area (TPSA) is 60.2 Å². The van der Waals surface area contributed by atoms with Crippen LogP contribution in [0.4, 0.5) is 19.0 Å². The van der Waals surface area contributed by atoms with E-state index >= 15 is 0 Å². The van der Waals surface area contributed by atoms with Crippen molar-refractivity contribution in [2.45, 2.75) is 11.2 Å². The van der Waals surface area contributed by atoms with E-state index in [1.165, 1.54) is 18.9 Å². The molecule has 0 saturated heterocycles. The molecule has 0 saturated carbocycles. The summed E-state index contributed by atoms with van der Waals surface area (Å²) in [7, 11) is 1.52. The van der Waals surface area contributed by atoms with E-state index in [0.29, 0.717) is 12.4 Å². The summed E-state index contributed by atoms with van der Waals surface area (Å²) < 4.78 is 42.4. The lowest BCUT2D eigenvalue weighted by atomic mass is 10.2. The van der Waals surface area contributed by atoms with E-state index in [9.17, 15) is 13.2 Å². The normalized spacial score (nSPS) is 11.6. The van der Waals surface area contributed by atoms with Crippen molar-refractivity contribution in [1.29, 1.82) is 0 Å². The number of ether oxygens (including phenoxy) is 1. The quantitative estimate of drug-likeness (QED) is 0.370. The number of aromatic nitrogens is 1. The van der Waals surface area contributed by atoms with Gasteiger partial charge in [0.15, 0.2) is 0 Å². The second-order valence-corrected chi connectivity index (χ2v) is 4.18. The van der Waals surface area contributed by atoms with Crippen LogP contribution in [0.15, 0.2) is 17.2 Å². The Balaban J connectivity index is 2.89. The van der Waals surface area contributed by atoms with Crippen LogP contribution in [0.25, 0.3) is 0 Å². The number of alkyl halides is 3. The Hall–Kier alpha value is -0.990. The highest BCUT2D eigenvalue weighted by Crippen LogP contribution is 2.32. The van der Waals surface area contributed by atoms with Gasteiger partial charge in [0.1, 0.15) is 5.82 Å². The van der Waals surface area contributed by atoms with Crippen molar-refractivity contribution in [3.8, 4) is 0 Å². The van der Waals surface area contributed by atoms with Gasteiger partial charge < -0.3 is 10.2 Å². The number of pyridine rings is 1. The highest BCUT2D eigenvalue weighted by Gasteiger charge is 2.31. The number of thioether (sulfide) groups is 1. The summed E-state index contributed by atoms with van der Waals surface area (Å²) in [6.45, 7) is 0.438. The second kappa shape index (κ2) is 6.08. The molecule has 1 aromatic rings. The molecule has 3 N–H and O–H groups in total. The number of hydrogen-bond acceptors (Lipinski definition) is 5. The fraction of sp³-hybridized carbons (Fsp3) is 0.444. The molecule has 1 aromatic heterocycles. The SMILES string of the molecule is COCCSc1cc(C(F)(F)F)cc(NN)n1. The summed E-state index contributed by atoms with van der Waals surface area (Å²) in [5.74, 6) is 5.58. The Labute approximate surface area is 101 Å². The Bertz CT molecular complexity index is 373. The van der Waals surface area contributed by atoms with Crippen LogP contribution in [-0.2, 0) is 10.9 Å². The number of rotatable bonds is 5. The minimum absolute atomic E-state index is 0.0141. The van der Waals surface area contributed by atoms with Gasteiger partial charge in [-0.3, -0.25) is 0 Å². The molecule has 0 radical (unpaired) electrons. The lowest BCUT2D eigenvalue weighted by Gasteiger charge is -2.10. The van der Waals surface area contributed by atoms with Crippen molar-refractivity contribution in [2.75, 3.05) is 24.9 Å². The predicted molar refractivity (Wildman–Crippen MR) is 59.6 cm³/mol. The van der Waals surface area contributed by atoms with E-state index in [4.69, 9.17) is 10.6 Å². The van der Waals surface area contributed by atoms with Crippen LogP contribution in [0, 0.1) is 0 Å². The molecule has 0 fully saturated rings. The van der Waals surface area contributed by atoms with E-state index in [1.807, 2.05) is 0 Å². The van der Waals surface area contributed by atoms with Crippen molar-refractivity contribution in [1.82, 2.24) is 4.98 Å². The fourth-order valence-electron chi connectivity index (χ4n) is 1.05. The number of nitrogens with two attached hydrogens (primary N) is 1. The molecule has 0 aliphatic carbocycles. The van der Waals surface area contributed by atoms with Gasteiger partial charge in [-0.05, 0) is 12.1 Å². The number of hydrazine groups is 1. The molecule has 0 aliphatic rings. The first-order valence-electron chi connectivity index (χ1n) is 4.65. The van der Waals surface area contributed by atoms with E-state index in [0.717, 1.165) is 12.1 Å². The van der Waals surface area contributed by atoms with E-state index in [2.05, 4.69) is 10.4 Å². The largest absolute Gasteiger partial charge is 0.416 e. The summed E-state index contributed by atoms with van der Waals surface area (Å²) in [5, 5.41) is 0.254. The smallest absolute Gasteiger partial charge is 0.384 e. The van der Waals surface area contributed by atoms with Gasteiger partial charge in [0.2, 0.25) is 0 Å². The molecular formula is C9H12F3N3OS. The molecule has 0 unspecified atom stereocenters. The number of hydrogen-bond donors (Lipinski definition) is 2. The van der Waals surface area contributed by atoms with E-state index in [-0.39, 0.29) is 10.8 Å². The van der Waals surface area contributed by atoms with Crippen molar-refractivity contribution in [2.24, 2.45) is 5.84 Å².